The summed E-state index contributed by atoms with van der Waals surface area (Å²) in [6.07, 6.45) is 1.70. The maximum absolute atomic E-state index is 13.2. The number of amides is 1. The lowest BCUT2D eigenvalue weighted by molar-refractivity contribution is -0.116. The molecule has 1 fully saturated rings. The molecular formula is C25H23N3O3S. The minimum absolute atomic E-state index is 0.0785. The molecule has 3 aromatic carbocycles. The van der Waals surface area contributed by atoms with E-state index in [1.807, 2.05) is 42.5 Å². The van der Waals surface area contributed by atoms with Crippen LogP contribution in [0.1, 0.15) is 24.0 Å². The number of nitrogens with zero attached hydrogens (tertiary/aromatic N) is 2. The van der Waals surface area contributed by atoms with E-state index < -0.39 is 21.3 Å². The van der Waals surface area contributed by atoms with Gasteiger partial charge in [0.15, 0.2) is 0 Å². The van der Waals surface area contributed by atoms with Gasteiger partial charge >= 0.3 is 0 Å². The van der Waals surface area contributed by atoms with Crippen LogP contribution in [-0.4, -0.2) is 25.2 Å². The Bertz CT molecular complexity index is 1230. The van der Waals surface area contributed by atoms with Crippen molar-refractivity contribution >= 4 is 21.6 Å². The highest BCUT2D eigenvalue weighted by atomic mass is 32.2. The molecule has 3 aromatic rings. The lowest BCUT2D eigenvalue weighted by atomic mass is 9.98. The van der Waals surface area contributed by atoms with Crippen LogP contribution < -0.4 is 5.32 Å². The number of hydrogen-bond acceptors (Lipinski definition) is 4. The Morgan fingerprint density at radius 1 is 0.938 bits per heavy atom. The van der Waals surface area contributed by atoms with Gasteiger partial charge in [-0.15, -0.1) is 0 Å². The van der Waals surface area contributed by atoms with Crippen molar-refractivity contribution in [1.29, 1.82) is 5.26 Å². The molecule has 1 aliphatic rings. The summed E-state index contributed by atoms with van der Waals surface area (Å²) in [7, 11) is -3.87. The van der Waals surface area contributed by atoms with Crippen LogP contribution in [0, 0.1) is 11.3 Å². The van der Waals surface area contributed by atoms with Gasteiger partial charge < -0.3 is 5.32 Å². The van der Waals surface area contributed by atoms with Crippen LogP contribution in [0.3, 0.4) is 0 Å². The van der Waals surface area contributed by atoms with Gasteiger partial charge in [-0.1, -0.05) is 60.7 Å². The van der Waals surface area contributed by atoms with E-state index in [1.165, 1.54) is 16.4 Å². The van der Waals surface area contributed by atoms with Gasteiger partial charge in [0, 0.05) is 12.2 Å². The van der Waals surface area contributed by atoms with Crippen molar-refractivity contribution in [2.75, 3.05) is 11.9 Å². The molecule has 0 aliphatic heterocycles. The summed E-state index contributed by atoms with van der Waals surface area (Å²) in [6.45, 7) is -0.245. The third-order valence-electron chi connectivity index (χ3n) is 5.59. The second kappa shape index (κ2) is 8.95. The summed E-state index contributed by atoms with van der Waals surface area (Å²) in [5.41, 5.74) is 1.90. The third-order valence-corrected chi connectivity index (χ3v) is 7.39. The molecule has 0 unspecified atom stereocenters. The first-order valence-corrected chi connectivity index (χ1v) is 11.8. The number of benzene rings is 3. The third kappa shape index (κ3) is 4.72. The van der Waals surface area contributed by atoms with E-state index in [4.69, 9.17) is 0 Å². The fourth-order valence-corrected chi connectivity index (χ4v) is 4.98. The summed E-state index contributed by atoms with van der Waals surface area (Å²) < 4.78 is 27.6. The molecule has 1 saturated carbocycles. The summed E-state index contributed by atoms with van der Waals surface area (Å²) in [4.78, 5) is 12.9. The molecule has 0 spiro atoms. The number of hydrogen-bond donors (Lipinski definition) is 1. The summed E-state index contributed by atoms with van der Waals surface area (Å²) in [5, 5.41) is 12.1. The van der Waals surface area contributed by atoms with Crippen molar-refractivity contribution in [3.63, 3.8) is 0 Å². The highest BCUT2D eigenvalue weighted by molar-refractivity contribution is 7.89. The topological polar surface area (TPSA) is 90.3 Å². The van der Waals surface area contributed by atoms with E-state index in [0.717, 1.165) is 24.0 Å². The predicted octanol–water partition coefficient (Wildman–Crippen LogP) is 4.07. The van der Waals surface area contributed by atoms with Crippen LogP contribution in [0.15, 0.2) is 89.8 Å². The van der Waals surface area contributed by atoms with Crippen LogP contribution in [0.25, 0.3) is 0 Å². The van der Waals surface area contributed by atoms with E-state index in [2.05, 4.69) is 11.4 Å². The van der Waals surface area contributed by atoms with Crippen molar-refractivity contribution in [2.45, 2.75) is 29.7 Å². The standard InChI is InChI=1S/C25H23N3O3S/c26-19-25(15-16-25)21-11-13-22(14-12-21)27-24(29)18-28(17-20-7-3-1-4-8-20)32(30,31)23-9-5-2-6-10-23/h1-14H,15-18H2,(H,27,29). The van der Waals surface area contributed by atoms with Gasteiger partial charge in [0.05, 0.1) is 22.9 Å². The van der Waals surface area contributed by atoms with E-state index >= 15 is 0 Å². The summed E-state index contributed by atoms with van der Waals surface area (Å²) in [5.74, 6) is -0.436. The first-order valence-electron chi connectivity index (χ1n) is 10.3. The molecule has 0 radical (unpaired) electrons. The average Bonchev–Trinajstić information content (AvgIpc) is 3.62. The molecule has 4 rings (SSSR count). The number of sulfonamides is 1. The van der Waals surface area contributed by atoms with Crippen molar-refractivity contribution in [3.05, 3.63) is 96.1 Å². The highest BCUT2D eigenvalue weighted by Gasteiger charge is 2.44. The molecule has 7 heteroatoms. The lowest BCUT2D eigenvalue weighted by Crippen LogP contribution is -2.37. The molecule has 0 saturated heterocycles. The first kappa shape index (κ1) is 21.8. The van der Waals surface area contributed by atoms with Crippen molar-refractivity contribution in [1.82, 2.24) is 4.31 Å². The normalized spacial score (nSPS) is 14.5. The largest absolute Gasteiger partial charge is 0.325 e. The molecule has 32 heavy (non-hydrogen) atoms. The monoisotopic (exact) mass is 445 g/mol. The number of nitriles is 1. The van der Waals surface area contributed by atoms with Crippen LogP contribution in [0.2, 0.25) is 0 Å². The number of rotatable bonds is 8. The Labute approximate surface area is 188 Å². The van der Waals surface area contributed by atoms with Crippen LogP contribution in [0.4, 0.5) is 5.69 Å². The zero-order chi connectivity index (χ0) is 22.6. The minimum Gasteiger partial charge on any atom is -0.325 e. The van der Waals surface area contributed by atoms with Crippen molar-refractivity contribution < 1.29 is 13.2 Å². The summed E-state index contributed by atoms with van der Waals surface area (Å²) >= 11 is 0. The molecule has 1 N–H and O–H groups in total. The van der Waals surface area contributed by atoms with Gasteiger partial charge in [-0.25, -0.2) is 8.42 Å². The second-order valence-electron chi connectivity index (χ2n) is 7.89. The number of carbonyl (C=O) groups excluding carboxylic acids is 1. The maximum atomic E-state index is 13.2. The molecule has 1 aliphatic carbocycles. The van der Waals surface area contributed by atoms with Crippen LogP contribution in [0.5, 0.6) is 0 Å². The minimum atomic E-state index is -3.87. The summed E-state index contributed by atoms with van der Waals surface area (Å²) in [6, 6.07) is 26.8. The Balaban J connectivity index is 1.51. The van der Waals surface area contributed by atoms with Crippen LogP contribution >= 0.6 is 0 Å². The zero-order valence-corrected chi connectivity index (χ0v) is 18.3. The average molecular weight is 446 g/mol. The van der Waals surface area contributed by atoms with Gasteiger partial charge in [0.1, 0.15) is 0 Å². The van der Waals surface area contributed by atoms with E-state index in [1.54, 1.807) is 30.3 Å². The predicted molar refractivity (Wildman–Crippen MR) is 122 cm³/mol. The highest BCUT2D eigenvalue weighted by Crippen LogP contribution is 2.47. The Morgan fingerprint density at radius 3 is 2.09 bits per heavy atom. The quantitative estimate of drug-likeness (QED) is 0.566. The molecule has 0 atom stereocenters. The van der Waals surface area contributed by atoms with Gasteiger partial charge in [-0.2, -0.15) is 9.57 Å². The van der Waals surface area contributed by atoms with E-state index in [0.29, 0.717) is 5.69 Å². The molecular weight excluding hydrogens is 422 g/mol. The molecule has 6 nitrogen and oxygen atoms in total. The van der Waals surface area contributed by atoms with Gasteiger partial charge in [-0.05, 0) is 48.2 Å². The fourth-order valence-electron chi connectivity index (χ4n) is 3.58. The Morgan fingerprint density at radius 2 is 1.53 bits per heavy atom. The maximum Gasteiger partial charge on any atom is 0.243 e. The van der Waals surface area contributed by atoms with Crippen molar-refractivity contribution in [3.8, 4) is 6.07 Å². The fraction of sp³-hybridized carbons (Fsp3) is 0.200. The Kier molecular flexibility index (Phi) is 6.08. The van der Waals surface area contributed by atoms with E-state index in [9.17, 15) is 18.5 Å². The molecule has 0 aromatic heterocycles. The van der Waals surface area contributed by atoms with Crippen molar-refractivity contribution in [2.24, 2.45) is 0 Å². The first-order chi connectivity index (χ1) is 15.4. The number of anilines is 1. The number of carbonyl (C=O) groups is 1. The lowest BCUT2D eigenvalue weighted by Gasteiger charge is -2.22. The Hall–Kier alpha value is -3.47. The van der Waals surface area contributed by atoms with Gasteiger partial charge in [-0.3, -0.25) is 4.79 Å². The van der Waals surface area contributed by atoms with Crippen LogP contribution in [-0.2, 0) is 26.8 Å². The molecule has 1 amide bonds. The zero-order valence-electron chi connectivity index (χ0n) is 17.4. The van der Waals surface area contributed by atoms with Gasteiger partial charge in [0.25, 0.3) is 0 Å². The number of nitrogens with one attached hydrogen (secondary N) is 1. The smallest absolute Gasteiger partial charge is 0.243 e. The van der Waals surface area contributed by atoms with E-state index in [-0.39, 0.29) is 18.0 Å². The second-order valence-corrected chi connectivity index (χ2v) is 9.83. The van der Waals surface area contributed by atoms with Gasteiger partial charge in [0.2, 0.25) is 15.9 Å². The molecule has 0 heterocycles. The SMILES string of the molecule is N#CC1(c2ccc(NC(=O)CN(Cc3ccccc3)S(=O)(=O)c3ccccc3)cc2)CC1. The molecule has 0 bridgehead atoms. The molecule has 162 valence electrons.